The van der Waals surface area contributed by atoms with Crippen molar-refractivity contribution in [2.24, 2.45) is 0 Å². The summed E-state index contributed by atoms with van der Waals surface area (Å²) in [4.78, 5) is 10.9. The van der Waals surface area contributed by atoms with Gasteiger partial charge in [0.2, 0.25) is 0 Å². The molecule has 0 radical (unpaired) electrons. The molecule has 3 N–H and O–H groups in total. The number of nitrogens with one attached hydrogen (secondary N) is 3. The molecule has 2 aromatic heterocycles. The zero-order chi connectivity index (χ0) is 30.1. The van der Waals surface area contributed by atoms with Crippen LogP contribution >= 0.6 is 0 Å². The third-order valence-electron chi connectivity index (χ3n) is 6.43. The summed E-state index contributed by atoms with van der Waals surface area (Å²) < 4.78 is 13.8. The van der Waals surface area contributed by atoms with Gasteiger partial charge in [-0.25, -0.2) is 4.39 Å². The van der Waals surface area contributed by atoms with Crippen molar-refractivity contribution in [2.75, 3.05) is 38.3 Å². The first-order valence-electron chi connectivity index (χ1n) is 13.2. The number of benzene rings is 1. The third-order valence-corrected chi connectivity index (χ3v) is 6.43. The Balaban J connectivity index is 1.74. The fourth-order valence-electron chi connectivity index (χ4n) is 4.17. The van der Waals surface area contributed by atoms with E-state index in [2.05, 4.69) is 57.1 Å². The van der Waals surface area contributed by atoms with E-state index >= 15 is 0 Å². The van der Waals surface area contributed by atoms with Gasteiger partial charge in [0.25, 0.3) is 0 Å². The van der Waals surface area contributed by atoms with Crippen LogP contribution in [0.25, 0.3) is 16.8 Å². The van der Waals surface area contributed by atoms with E-state index in [4.69, 9.17) is 0 Å². The van der Waals surface area contributed by atoms with Crippen LogP contribution in [0.5, 0.6) is 0 Å². The summed E-state index contributed by atoms with van der Waals surface area (Å²) in [5.74, 6) is -0.307. The molecule has 0 bridgehead atoms. The zero-order valence-corrected chi connectivity index (χ0v) is 24.6. The maximum absolute atomic E-state index is 13.8. The molecule has 2 heterocycles. The first-order valence-corrected chi connectivity index (χ1v) is 13.2. The lowest BCUT2D eigenvalue weighted by atomic mass is 10.0. The average molecular weight is 551 g/mol. The highest BCUT2D eigenvalue weighted by molar-refractivity contribution is 5.73. The van der Waals surface area contributed by atoms with E-state index in [9.17, 15) is 4.39 Å². The van der Waals surface area contributed by atoms with Gasteiger partial charge in [0.1, 0.15) is 5.82 Å². The molecule has 3 rings (SSSR count). The number of nitrogens with zero attached hydrogens (tertiary/aromatic N) is 3. The molecule has 3 aromatic rings. The number of hydrogen-bond acceptors (Lipinski definition) is 6. The second kappa shape index (κ2) is 14.1. The van der Waals surface area contributed by atoms with E-state index in [0.29, 0.717) is 28.1 Å². The van der Waals surface area contributed by atoms with Crippen molar-refractivity contribution in [3.8, 4) is 11.3 Å². The summed E-state index contributed by atoms with van der Waals surface area (Å²) in [6, 6.07) is 10.3. The van der Waals surface area contributed by atoms with E-state index in [0.717, 1.165) is 46.0 Å². The van der Waals surface area contributed by atoms with E-state index < -0.39 is 0 Å². The molecular formula is C34H39FN6. The predicted octanol–water partition coefficient (Wildman–Crippen LogP) is 7.32. The molecule has 0 saturated heterocycles. The minimum absolute atomic E-state index is 0.307. The van der Waals surface area contributed by atoms with Gasteiger partial charge in [0, 0.05) is 54.3 Å². The van der Waals surface area contributed by atoms with Crippen molar-refractivity contribution in [3.05, 3.63) is 139 Å². The number of allylic oxidation sites excluding steroid dienone is 5. The number of likely N-dealkylation sites (N-methyl/N-ethyl adjacent to an activating group) is 2. The van der Waals surface area contributed by atoms with Gasteiger partial charge in [-0.1, -0.05) is 44.5 Å². The quantitative estimate of drug-likeness (QED) is 0.194. The molecule has 6 nitrogen and oxygen atoms in total. The van der Waals surface area contributed by atoms with Crippen molar-refractivity contribution in [2.45, 2.75) is 13.8 Å². The van der Waals surface area contributed by atoms with Gasteiger partial charge in [0.15, 0.2) is 0 Å². The molecule has 0 amide bonds. The molecule has 7 heteroatoms. The molecule has 0 saturated carbocycles. The van der Waals surface area contributed by atoms with Gasteiger partial charge >= 0.3 is 0 Å². The van der Waals surface area contributed by atoms with Crippen LogP contribution in [0.15, 0.2) is 122 Å². The van der Waals surface area contributed by atoms with Crippen LogP contribution in [0.2, 0.25) is 0 Å². The molecular weight excluding hydrogens is 511 g/mol. The summed E-state index contributed by atoms with van der Waals surface area (Å²) >= 11 is 0. The second-order valence-electron chi connectivity index (χ2n) is 10.0. The molecule has 0 aliphatic carbocycles. The number of anilines is 2. The van der Waals surface area contributed by atoms with Crippen molar-refractivity contribution in [3.63, 3.8) is 0 Å². The first-order chi connectivity index (χ1) is 19.5. The molecule has 1 aromatic carbocycles. The Morgan fingerprint density at radius 2 is 1.76 bits per heavy atom. The topological polar surface area (TPSA) is 65.1 Å². The maximum atomic E-state index is 13.8. The normalized spacial score (nSPS) is 11.7. The Kier molecular flexibility index (Phi) is 10.6. The van der Waals surface area contributed by atoms with Crippen molar-refractivity contribution in [1.29, 1.82) is 0 Å². The highest BCUT2D eigenvalue weighted by atomic mass is 19.1. The molecule has 0 fully saturated rings. The highest BCUT2D eigenvalue weighted by Crippen LogP contribution is 2.29. The number of aromatic nitrogens is 2. The van der Waals surface area contributed by atoms with E-state index in [-0.39, 0.29) is 5.82 Å². The SMILES string of the molecule is C=C(CN(C)C)Nc1cncc(/C(C)=C/C=C(/NC)C(=C)C(=C)C(=C)Nc2ccnc(-c3cccc(F)c3)c2C)c1. The Labute approximate surface area is 243 Å². The largest absolute Gasteiger partial charge is 0.388 e. The fourth-order valence-corrected chi connectivity index (χ4v) is 4.17. The molecule has 0 aliphatic rings. The van der Waals surface area contributed by atoms with Gasteiger partial charge in [-0.2, -0.15) is 0 Å². The van der Waals surface area contributed by atoms with Crippen LogP contribution in [0, 0.1) is 12.7 Å². The van der Waals surface area contributed by atoms with Gasteiger partial charge in [-0.15, -0.1) is 0 Å². The number of hydrogen-bond donors (Lipinski definition) is 3. The molecule has 0 spiro atoms. The molecule has 0 atom stereocenters. The minimum Gasteiger partial charge on any atom is -0.388 e. The minimum atomic E-state index is -0.307. The van der Waals surface area contributed by atoms with Crippen LogP contribution < -0.4 is 16.0 Å². The average Bonchev–Trinajstić information content (AvgIpc) is 2.93. The molecule has 0 unspecified atom stereocenters. The van der Waals surface area contributed by atoms with Crippen LogP contribution in [0.3, 0.4) is 0 Å². The van der Waals surface area contributed by atoms with Crippen LogP contribution in [-0.4, -0.2) is 42.6 Å². The van der Waals surface area contributed by atoms with E-state index in [1.807, 2.05) is 71.5 Å². The van der Waals surface area contributed by atoms with Crippen LogP contribution in [-0.2, 0) is 0 Å². The lowest BCUT2D eigenvalue weighted by molar-refractivity contribution is 0.447. The van der Waals surface area contributed by atoms with Crippen molar-refractivity contribution >= 4 is 16.9 Å². The summed E-state index contributed by atoms with van der Waals surface area (Å²) in [5, 5.41) is 9.86. The summed E-state index contributed by atoms with van der Waals surface area (Å²) in [5.41, 5.74) is 9.59. The van der Waals surface area contributed by atoms with E-state index in [1.54, 1.807) is 18.5 Å². The van der Waals surface area contributed by atoms with Crippen molar-refractivity contribution in [1.82, 2.24) is 20.2 Å². The lowest BCUT2D eigenvalue weighted by Crippen LogP contribution is -2.18. The van der Waals surface area contributed by atoms with Gasteiger partial charge < -0.3 is 20.9 Å². The number of rotatable bonds is 13. The monoisotopic (exact) mass is 550 g/mol. The highest BCUT2D eigenvalue weighted by Gasteiger charge is 2.13. The standard InChI is InChI=1S/C34H39FN6/c1-22(29-18-31(20-37-19-29)39-23(2)21-41(8)9)13-14-32(36-7)25(4)24(3)27(6)40-33-15-16-38-34(26(33)5)28-11-10-12-30(35)17-28/h10-20,36,39H,2-4,6,21H2,1,5,7-9H3,(H,38,40)/b22-13+,32-14+. The zero-order valence-electron chi connectivity index (χ0n) is 24.6. The lowest BCUT2D eigenvalue weighted by Gasteiger charge is -2.19. The molecule has 0 aliphatic heterocycles. The Bertz CT molecular complexity index is 1530. The predicted molar refractivity (Wildman–Crippen MR) is 172 cm³/mol. The number of pyridine rings is 2. The molecule has 41 heavy (non-hydrogen) atoms. The van der Waals surface area contributed by atoms with Gasteiger partial charge in [-0.3, -0.25) is 9.97 Å². The fraction of sp³-hybridized carbons (Fsp3) is 0.176. The maximum Gasteiger partial charge on any atom is 0.123 e. The van der Waals surface area contributed by atoms with Crippen molar-refractivity contribution < 1.29 is 4.39 Å². The Morgan fingerprint density at radius 3 is 2.44 bits per heavy atom. The Morgan fingerprint density at radius 1 is 1.00 bits per heavy atom. The van der Waals surface area contributed by atoms with Crippen LogP contribution in [0.4, 0.5) is 15.8 Å². The number of halogens is 1. The van der Waals surface area contributed by atoms with E-state index in [1.165, 1.54) is 12.1 Å². The second-order valence-corrected chi connectivity index (χ2v) is 10.0. The Hall–Kier alpha value is -4.75. The summed E-state index contributed by atoms with van der Waals surface area (Å²) in [6.45, 7) is 21.4. The summed E-state index contributed by atoms with van der Waals surface area (Å²) in [7, 11) is 5.84. The van der Waals surface area contributed by atoms with Gasteiger partial charge in [-0.05, 0) is 86.1 Å². The first kappa shape index (κ1) is 30.8. The summed E-state index contributed by atoms with van der Waals surface area (Å²) in [6.07, 6.45) is 9.26. The van der Waals surface area contributed by atoms with Crippen LogP contribution in [0.1, 0.15) is 18.1 Å². The smallest absolute Gasteiger partial charge is 0.123 e. The van der Waals surface area contributed by atoms with Gasteiger partial charge in [0.05, 0.1) is 17.6 Å². The third kappa shape index (κ3) is 8.37. The molecule has 212 valence electrons.